The Morgan fingerprint density at radius 1 is 1.14 bits per heavy atom. The second-order valence-electron chi connectivity index (χ2n) is 7.90. The number of carbonyl (C=O) groups excluding carboxylic acids is 1. The first-order chi connectivity index (χ1) is 13.8. The number of benzene rings is 2. The summed E-state index contributed by atoms with van der Waals surface area (Å²) in [5.41, 5.74) is 5.50. The average Bonchev–Trinajstić information content (AvgIpc) is 3.13. The van der Waals surface area contributed by atoms with E-state index in [2.05, 4.69) is 23.5 Å². The molecule has 1 aliphatic carbocycles. The van der Waals surface area contributed by atoms with Crippen molar-refractivity contribution in [2.45, 2.75) is 52.0 Å². The molecule has 5 nitrogen and oxygen atoms in total. The molecule has 1 amide bonds. The second kappa shape index (κ2) is 8.99. The highest BCUT2D eigenvalue weighted by atomic mass is 32.2. The van der Waals surface area contributed by atoms with Crippen LogP contribution in [0, 0.1) is 6.92 Å². The number of amides is 1. The Morgan fingerprint density at radius 3 is 2.59 bits per heavy atom. The molecule has 0 heterocycles. The highest BCUT2D eigenvalue weighted by molar-refractivity contribution is 7.92. The van der Waals surface area contributed by atoms with Crippen molar-refractivity contribution in [2.75, 3.05) is 17.1 Å². The molecule has 0 saturated heterocycles. The Balaban J connectivity index is 1.56. The number of carbonyl (C=O) groups is 1. The number of para-hydroxylation sites is 1. The summed E-state index contributed by atoms with van der Waals surface area (Å²) in [5.74, 6) is -0.0590. The van der Waals surface area contributed by atoms with E-state index in [0.29, 0.717) is 12.1 Å². The lowest BCUT2D eigenvalue weighted by Crippen LogP contribution is -2.33. The lowest BCUT2D eigenvalue weighted by molar-refractivity contribution is -0.121. The number of hydrogen-bond donors (Lipinski definition) is 1. The molecule has 3 rings (SSSR count). The second-order valence-corrected chi connectivity index (χ2v) is 9.80. The van der Waals surface area contributed by atoms with E-state index in [1.165, 1.54) is 28.1 Å². The van der Waals surface area contributed by atoms with Gasteiger partial charge in [0.1, 0.15) is 0 Å². The van der Waals surface area contributed by atoms with Crippen LogP contribution in [0.1, 0.15) is 54.5 Å². The monoisotopic (exact) mass is 414 g/mol. The van der Waals surface area contributed by atoms with E-state index in [1.807, 2.05) is 32.0 Å². The Bertz CT molecular complexity index is 985. The van der Waals surface area contributed by atoms with Gasteiger partial charge < -0.3 is 5.32 Å². The Kier molecular flexibility index (Phi) is 6.63. The number of rotatable bonds is 8. The Labute approximate surface area is 174 Å². The zero-order valence-electron chi connectivity index (χ0n) is 17.4. The van der Waals surface area contributed by atoms with Gasteiger partial charge in [0, 0.05) is 13.0 Å². The van der Waals surface area contributed by atoms with Crippen LogP contribution in [-0.2, 0) is 27.7 Å². The molecule has 0 radical (unpaired) electrons. The summed E-state index contributed by atoms with van der Waals surface area (Å²) >= 11 is 0. The molecule has 0 fully saturated rings. The minimum absolute atomic E-state index is 0.0590. The summed E-state index contributed by atoms with van der Waals surface area (Å²) in [6.45, 7) is 4.16. The lowest BCUT2D eigenvalue weighted by Gasteiger charge is -2.24. The minimum atomic E-state index is -3.41. The van der Waals surface area contributed by atoms with Crippen LogP contribution in [0.15, 0.2) is 42.5 Å². The van der Waals surface area contributed by atoms with E-state index in [-0.39, 0.29) is 24.9 Å². The van der Waals surface area contributed by atoms with Crippen molar-refractivity contribution in [3.8, 4) is 0 Å². The Hall–Kier alpha value is -2.34. The van der Waals surface area contributed by atoms with Gasteiger partial charge in [-0.3, -0.25) is 9.10 Å². The molecular weight excluding hydrogens is 384 g/mol. The number of nitrogens with zero attached hydrogens (tertiary/aromatic N) is 1. The van der Waals surface area contributed by atoms with Crippen molar-refractivity contribution < 1.29 is 13.2 Å². The molecule has 0 spiro atoms. The molecule has 1 aliphatic rings. The topological polar surface area (TPSA) is 66.5 Å². The third-order valence-corrected chi connectivity index (χ3v) is 6.73. The van der Waals surface area contributed by atoms with Crippen molar-refractivity contribution >= 4 is 21.6 Å². The van der Waals surface area contributed by atoms with Crippen LogP contribution in [0.3, 0.4) is 0 Å². The summed E-state index contributed by atoms with van der Waals surface area (Å²) in [5, 5.41) is 3.04. The largest absolute Gasteiger partial charge is 0.350 e. The molecule has 2 aromatic carbocycles. The van der Waals surface area contributed by atoms with Gasteiger partial charge in [0.05, 0.1) is 18.0 Å². The maximum atomic E-state index is 12.4. The highest BCUT2D eigenvalue weighted by Gasteiger charge is 2.20. The van der Waals surface area contributed by atoms with E-state index >= 15 is 0 Å². The van der Waals surface area contributed by atoms with Crippen LogP contribution >= 0.6 is 0 Å². The van der Waals surface area contributed by atoms with Gasteiger partial charge in [-0.1, -0.05) is 36.4 Å². The summed E-state index contributed by atoms with van der Waals surface area (Å²) in [7, 11) is -3.41. The molecule has 29 heavy (non-hydrogen) atoms. The first-order valence-corrected chi connectivity index (χ1v) is 12.0. The number of anilines is 1. The van der Waals surface area contributed by atoms with Crippen molar-refractivity contribution in [1.29, 1.82) is 0 Å². The van der Waals surface area contributed by atoms with Crippen LogP contribution < -0.4 is 9.62 Å². The van der Waals surface area contributed by atoms with Crippen molar-refractivity contribution in [2.24, 2.45) is 0 Å². The standard InChI is InChI=1S/C23H30N2O3S/c1-17-8-4-5-11-22(17)25(29(3,27)28)15-7-12-23(26)24-18(2)20-14-13-19-9-6-10-21(19)16-20/h4-5,8,11,13-14,16,18H,6-7,9-10,12,15H2,1-3H3,(H,24,26)/t18-/m1/s1. The fraction of sp³-hybridized carbons (Fsp3) is 0.435. The average molecular weight is 415 g/mol. The summed E-state index contributed by atoms with van der Waals surface area (Å²) in [6, 6.07) is 13.8. The molecule has 6 heteroatoms. The zero-order valence-corrected chi connectivity index (χ0v) is 18.3. The van der Waals surface area contributed by atoms with Crippen LogP contribution in [0.4, 0.5) is 5.69 Å². The normalized spacial score (nSPS) is 14.3. The molecule has 2 aromatic rings. The van der Waals surface area contributed by atoms with Gasteiger partial charge in [-0.2, -0.15) is 0 Å². The highest BCUT2D eigenvalue weighted by Crippen LogP contribution is 2.26. The van der Waals surface area contributed by atoms with Crippen LogP contribution in [0.5, 0.6) is 0 Å². The first kappa shape index (κ1) is 21.4. The summed E-state index contributed by atoms with van der Waals surface area (Å²) in [4.78, 5) is 12.4. The van der Waals surface area contributed by atoms with Gasteiger partial charge >= 0.3 is 0 Å². The van der Waals surface area contributed by atoms with Crippen LogP contribution in [-0.4, -0.2) is 27.1 Å². The number of sulfonamides is 1. The maximum Gasteiger partial charge on any atom is 0.232 e. The van der Waals surface area contributed by atoms with Crippen LogP contribution in [0.2, 0.25) is 0 Å². The molecule has 0 unspecified atom stereocenters. The fourth-order valence-corrected chi connectivity index (χ4v) is 4.97. The molecule has 0 saturated carbocycles. The molecule has 0 bridgehead atoms. The quantitative estimate of drug-likeness (QED) is 0.712. The van der Waals surface area contributed by atoms with Gasteiger partial charge in [-0.05, 0) is 67.9 Å². The molecule has 1 atom stereocenters. The maximum absolute atomic E-state index is 12.4. The van der Waals surface area contributed by atoms with Crippen molar-refractivity contribution in [1.82, 2.24) is 5.32 Å². The van der Waals surface area contributed by atoms with Crippen molar-refractivity contribution in [3.05, 3.63) is 64.7 Å². The van der Waals surface area contributed by atoms with E-state index in [1.54, 1.807) is 6.07 Å². The Morgan fingerprint density at radius 2 is 1.86 bits per heavy atom. The van der Waals surface area contributed by atoms with Gasteiger partial charge in [-0.15, -0.1) is 0 Å². The summed E-state index contributed by atoms with van der Waals surface area (Å²) in [6.07, 6.45) is 5.42. The zero-order chi connectivity index (χ0) is 21.0. The van der Waals surface area contributed by atoms with Crippen molar-refractivity contribution in [3.63, 3.8) is 0 Å². The van der Waals surface area contributed by atoms with E-state index in [9.17, 15) is 13.2 Å². The first-order valence-electron chi connectivity index (χ1n) is 10.2. The van der Waals surface area contributed by atoms with Gasteiger partial charge in [0.15, 0.2) is 0 Å². The molecular formula is C23H30N2O3S. The number of aryl methyl sites for hydroxylation is 3. The number of nitrogens with one attached hydrogen (secondary N) is 1. The number of hydrogen-bond acceptors (Lipinski definition) is 3. The van der Waals surface area contributed by atoms with Crippen LogP contribution in [0.25, 0.3) is 0 Å². The molecule has 156 valence electrons. The van der Waals surface area contributed by atoms with E-state index in [0.717, 1.165) is 24.0 Å². The SMILES string of the molecule is Cc1ccccc1N(CCCC(=O)N[C@H](C)c1ccc2c(c1)CCC2)S(C)(=O)=O. The minimum Gasteiger partial charge on any atom is -0.350 e. The van der Waals surface area contributed by atoms with Gasteiger partial charge in [0.2, 0.25) is 15.9 Å². The smallest absolute Gasteiger partial charge is 0.232 e. The third-order valence-electron chi connectivity index (χ3n) is 5.55. The predicted octanol–water partition coefficient (Wildman–Crippen LogP) is 3.91. The van der Waals surface area contributed by atoms with E-state index < -0.39 is 10.0 Å². The van der Waals surface area contributed by atoms with E-state index in [4.69, 9.17) is 0 Å². The van der Waals surface area contributed by atoms with Gasteiger partial charge in [-0.25, -0.2) is 8.42 Å². The molecule has 0 aliphatic heterocycles. The fourth-order valence-electron chi connectivity index (χ4n) is 3.95. The predicted molar refractivity (Wildman–Crippen MR) is 118 cm³/mol. The third kappa shape index (κ3) is 5.38. The summed E-state index contributed by atoms with van der Waals surface area (Å²) < 4.78 is 25.9. The lowest BCUT2D eigenvalue weighted by atomic mass is 10.0. The van der Waals surface area contributed by atoms with Gasteiger partial charge in [0.25, 0.3) is 0 Å². The number of fused-ring (bicyclic) bond motifs is 1. The molecule has 1 N–H and O–H groups in total. The molecule has 0 aromatic heterocycles.